The van der Waals surface area contributed by atoms with Gasteiger partial charge >= 0.3 is 23.9 Å². The molecule has 1 unspecified atom stereocenters. The van der Waals surface area contributed by atoms with Crippen molar-refractivity contribution in [1.29, 1.82) is 0 Å². The van der Waals surface area contributed by atoms with Gasteiger partial charge in [0.15, 0.2) is 11.1 Å². The Labute approximate surface area is 390 Å². The van der Waals surface area contributed by atoms with E-state index in [1.54, 1.807) is 39.8 Å². The number of azo groups is 1. The lowest BCUT2D eigenvalue weighted by Crippen LogP contribution is -2.34. The lowest BCUT2D eigenvalue weighted by Gasteiger charge is -2.19. The third-order valence-electron chi connectivity index (χ3n) is 9.77. The van der Waals surface area contributed by atoms with Crippen LogP contribution in [0.15, 0.2) is 65.3 Å². The second-order valence-corrected chi connectivity index (χ2v) is 15.7. The molecule has 0 N–H and O–H groups in total. The molecule has 4 aromatic carbocycles. The van der Waals surface area contributed by atoms with Crippen LogP contribution in [0.25, 0.3) is 6.08 Å². The average molecular weight is 987 g/mol. The summed E-state index contributed by atoms with van der Waals surface area (Å²) in [5, 5.41) is 7.63. The number of hydrogen-bond donors (Lipinski definition) is 0. The summed E-state index contributed by atoms with van der Waals surface area (Å²) >= 11 is 0. The van der Waals surface area contributed by atoms with Crippen LogP contribution < -0.4 is 9.47 Å². The molecule has 0 bridgehead atoms. The molecule has 0 spiro atoms. The molecule has 1 aliphatic carbocycles. The first-order valence-electron chi connectivity index (χ1n) is 20.6. The largest absolute Gasteiger partial charge is 0.467 e. The van der Waals surface area contributed by atoms with Crippen molar-refractivity contribution in [2.24, 2.45) is 10.2 Å². The minimum Gasteiger partial charge on any atom is -0.467 e. The van der Waals surface area contributed by atoms with Gasteiger partial charge in [-0.1, -0.05) is 57.2 Å². The molecule has 1 fully saturated rings. The molecule has 0 aromatic heterocycles. The molecular formula is C48H48F10N2O9. The fourth-order valence-electron chi connectivity index (χ4n) is 5.37. The van der Waals surface area contributed by atoms with Crippen molar-refractivity contribution >= 4 is 35.7 Å². The number of rotatable bonds is 11. The van der Waals surface area contributed by atoms with Gasteiger partial charge in [0, 0.05) is 12.8 Å². The Morgan fingerprint density at radius 3 is 1.17 bits per heavy atom. The standard InChI is InChI=1S/C17H13F5O2.C15H7F5O2.C10H18N2O4.C6H10O/c1-3-8(2)9-4-6-10(7-5-9)17(23)24-16-14(21)12(19)11(18)13(20)15(16)22;1-2-7-3-5-8(6-4-7)15(21)22-14-12(19)10(17)9(16)11(18)13(14)20;1-9(2,7(13)15-5)11-12-10(3,4)8(14)16-6;7-6-4-2-1-3-5-6/h4-8H,3H2,1-2H3;2-6H,1H2;1-6H3;1-5H2. The molecule has 69 heavy (non-hydrogen) atoms. The van der Waals surface area contributed by atoms with Gasteiger partial charge in [0.05, 0.1) is 25.3 Å². The second kappa shape index (κ2) is 26.0. The van der Waals surface area contributed by atoms with Crippen molar-refractivity contribution < 1.29 is 86.8 Å². The number of esters is 4. The van der Waals surface area contributed by atoms with Crippen molar-refractivity contribution in [3.05, 3.63) is 136 Å². The van der Waals surface area contributed by atoms with Crippen molar-refractivity contribution in [3.63, 3.8) is 0 Å². The summed E-state index contributed by atoms with van der Waals surface area (Å²) in [6.07, 6.45) is 7.59. The maximum atomic E-state index is 13.5. The molecule has 0 saturated heterocycles. The zero-order valence-electron chi connectivity index (χ0n) is 38.6. The molecular weight excluding hydrogens is 939 g/mol. The Bertz CT molecular complexity index is 2440. The number of hydrogen-bond acceptors (Lipinski definition) is 11. The van der Waals surface area contributed by atoms with Crippen LogP contribution in [0.1, 0.15) is 118 Å². The van der Waals surface area contributed by atoms with Gasteiger partial charge in [0.1, 0.15) is 5.78 Å². The molecule has 5 rings (SSSR count). The van der Waals surface area contributed by atoms with Gasteiger partial charge in [-0.3, -0.25) is 4.79 Å². The maximum absolute atomic E-state index is 13.5. The maximum Gasteiger partial charge on any atom is 0.343 e. The summed E-state index contributed by atoms with van der Waals surface area (Å²) < 4.78 is 149. The Kier molecular flexibility index (Phi) is 21.9. The van der Waals surface area contributed by atoms with Crippen LogP contribution in [0, 0.1) is 58.2 Å². The van der Waals surface area contributed by atoms with E-state index in [-0.39, 0.29) is 17.0 Å². The van der Waals surface area contributed by atoms with Crippen LogP contribution in [-0.4, -0.2) is 55.0 Å². The Morgan fingerprint density at radius 2 is 0.899 bits per heavy atom. The van der Waals surface area contributed by atoms with Crippen LogP contribution in [0.5, 0.6) is 11.5 Å². The third kappa shape index (κ3) is 15.8. The average Bonchev–Trinajstić information content (AvgIpc) is 3.35. The fourth-order valence-corrected chi connectivity index (χ4v) is 5.37. The van der Waals surface area contributed by atoms with Crippen molar-refractivity contribution in [2.75, 3.05) is 14.2 Å². The molecule has 1 atom stereocenters. The molecule has 1 saturated carbocycles. The van der Waals surface area contributed by atoms with E-state index < -0.39 is 105 Å². The van der Waals surface area contributed by atoms with Gasteiger partial charge in [-0.15, -0.1) is 0 Å². The third-order valence-corrected chi connectivity index (χ3v) is 9.77. The Balaban J connectivity index is 0.000000336. The first kappa shape index (κ1) is 58.2. The Hall–Kier alpha value is -6.93. The smallest absolute Gasteiger partial charge is 0.343 e. The summed E-state index contributed by atoms with van der Waals surface area (Å²) in [7, 11) is 2.54. The number of nitrogens with zero attached hydrogens (tertiary/aromatic N) is 2. The zero-order chi connectivity index (χ0) is 52.6. The van der Waals surface area contributed by atoms with Gasteiger partial charge in [0.2, 0.25) is 69.7 Å². The molecule has 4 aromatic rings. The van der Waals surface area contributed by atoms with E-state index in [0.717, 1.165) is 37.7 Å². The second-order valence-electron chi connectivity index (χ2n) is 15.7. The monoisotopic (exact) mass is 986 g/mol. The first-order chi connectivity index (χ1) is 32.2. The quantitative estimate of drug-likeness (QED) is 0.0358. The minimum absolute atomic E-state index is 0.0778. The topological polar surface area (TPSA) is 147 Å². The lowest BCUT2D eigenvalue weighted by molar-refractivity contribution is -0.148. The number of benzene rings is 4. The molecule has 0 radical (unpaired) electrons. The lowest BCUT2D eigenvalue weighted by atomic mass is 9.98. The van der Waals surface area contributed by atoms with E-state index in [0.29, 0.717) is 11.3 Å². The van der Waals surface area contributed by atoms with Crippen LogP contribution >= 0.6 is 0 Å². The number of methoxy groups -OCH3 is 2. The fraction of sp³-hybridized carbons (Fsp3) is 0.354. The highest BCUT2D eigenvalue weighted by Crippen LogP contribution is 2.31. The van der Waals surface area contributed by atoms with Gasteiger partial charge in [0.25, 0.3) is 0 Å². The number of Topliss-reactive ketones (excluding diaryl/α,β-unsaturated/α-hetero) is 1. The van der Waals surface area contributed by atoms with E-state index in [9.17, 15) is 67.9 Å². The Morgan fingerprint density at radius 1 is 0.580 bits per heavy atom. The normalized spacial score (nSPS) is 12.8. The molecule has 0 amide bonds. The highest BCUT2D eigenvalue weighted by Gasteiger charge is 2.34. The number of carbonyl (C=O) groups is 5. The molecule has 0 heterocycles. The predicted molar refractivity (Wildman–Crippen MR) is 229 cm³/mol. The van der Waals surface area contributed by atoms with E-state index in [1.807, 2.05) is 13.8 Å². The number of carbonyl (C=O) groups excluding carboxylic acids is 5. The van der Waals surface area contributed by atoms with E-state index in [1.165, 1.54) is 63.1 Å². The van der Waals surface area contributed by atoms with Gasteiger partial charge in [-0.05, 0) is 88.3 Å². The van der Waals surface area contributed by atoms with E-state index in [4.69, 9.17) is 0 Å². The van der Waals surface area contributed by atoms with Gasteiger partial charge < -0.3 is 18.9 Å². The van der Waals surface area contributed by atoms with Crippen LogP contribution in [0.2, 0.25) is 0 Å². The number of halogens is 10. The van der Waals surface area contributed by atoms with Crippen LogP contribution in [-0.2, 0) is 23.9 Å². The molecule has 11 nitrogen and oxygen atoms in total. The SMILES string of the molecule is C=Cc1ccc(C(=O)Oc2c(F)c(F)c(F)c(F)c2F)cc1.CCC(C)c1ccc(C(=O)Oc2c(F)c(F)c(F)c(F)c2F)cc1.COC(=O)C(C)(C)N=NC(C)(C)C(=O)OC.O=C1CCCCC1. The van der Waals surface area contributed by atoms with Crippen LogP contribution in [0.4, 0.5) is 43.9 Å². The predicted octanol–water partition coefficient (Wildman–Crippen LogP) is 12.2. The minimum atomic E-state index is -2.33. The van der Waals surface area contributed by atoms with E-state index >= 15 is 0 Å². The van der Waals surface area contributed by atoms with Crippen LogP contribution in [0.3, 0.4) is 0 Å². The van der Waals surface area contributed by atoms with Gasteiger partial charge in [-0.25, -0.2) is 45.5 Å². The summed E-state index contributed by atoms with van der Waals surface area (Å²) in [4.78, 5) is 56.6. The van der Waals surface area contributed by atoms with Crippen molar-refractivity contribution in [1.82, 2.24) is 0 Å². The van der Waals surface area contributed by atoms with E-state index in [2.05, 4.69) is 35.8 Å². The summed E-state index contributed by atoms with van der Waals surface area (Å²) in [6, 6.07) is 11.4. The highest BCUT2D eigenvalue weighted by atomic mass is 19.2. The van der Waals surface area contributed by atoms with Crippen molar-refractivity contribution in [3.8, 4) is 11.5 Å². The van der Waals surface area contributed by atoms with Crippen molar-refractivity contribution in [2.45, 2.75) is 97.1 Å². The molecule has 374 valence electrons. The van der Waals surface area contributed by atoms with Gasteiger partial charge in [-0.2, -0.15) is 27.8 Å². The molecule has 21 heteroatoms. The first-order valence-corrected chi connectivity index (χ1v) is 20.6. The highest BCUT2D eigenvalue weighted by molar-refractivity contribution is 5.92. The number of ketones is 1. The summed E-state index contributed by atoms with van der Waals surface area (Å²) in [5.74, 6) is -28.3. The summed E-state index contributed by atoms with van der Waals surface area (Å²) in [5.41, 5.74) is -0.835. The zero-order valence-corrected chi connectivity index (χ0v) is 38.6. The summed E-state index contributed by atoms with van der Waals surface area (Å²) in [6.45, 7) is 13.7. The molecule has 1 aliphatic rings. The number of ether oxygens (including phenoxy) is 4. The molecule has 0 aliphatic heterocycles.